The number of nitrogens with one attached hydrogen (secondary N) is 1. The zero-order valence-electron chi connectivity index (χ0n) is 18.1. The summed E-state index contributed by atoms with van der Waals surface area (Å²) < 4.78 is 11.8. The Kier molecular flexibility index (Phi) is 7.04. The summed E-state index contributed by atoms with van der Waals surface area (Å²) in [4.78, 5) is 16.5. The predicted molar refractivity (Wildman–Crippen MR) is 110 cm³/mol. The van der Waals surface area contributed by atoms with Crippen molar-refractivity contribution in [2.45, 2.75) is 91.6 Å². The Morgan fingerprint density at radius 3 is 2.23 bits per heavy atom. The molecule has 26 heavy (non-hydrogen) atoms. The average molecular weight is 381 g/mol. The van der Waals surface area contributed by atoms with Crippen LogP contribution in [0, 0.1) is 6.92 Å². The smallest absolute Gasteiger partial charge is 0.412 e. The summed E-state index contributed by atoms with van der Waals surface area (Å²) in [5.74, 6) is 0. The molecular formula is C20H36N2O3Si. The van der Waals surface area contributed by atoms with Crippen LogP contribution >= 0.6 is 0 Å². The highest BCUT2D eigenvalue weighted by Crippen LogP contribution is 2.40. The van der Waals surface area contributed by atoms with E-state index in [0.717, 1.165) is 17.7 Å². The lowest BCUT2D eigenvalue weighted by atomic mass is 10.1. The number of hydrogen-bond acceptors (Lipinski definition) is 4. The monoisotopic (exact) mass is 380 g/mol. The molecule has 0 fully saturated rings. The van der Waals surface area contributed by atoms with Gasteiger partial charge in [-0.1, -0.05) is 27.7 Å². The summed E-state index contributed by atoms with van der Waals surface area (Å²) in [5, 5.41) is 2.91. The van der Waals surface area contributed by atoms with Gasteiger partial charge in [-0.25, -0.2) is 4.79 Å². The van der Waals surface area contributed by atoms with Crippen molar-refractivity contribution in [1.82, 2.24) is 4.98 Å². The van der Waals surface area contributed by atoms with E-state index in [9.17, 15) is 4.79 Å². The Morgan fingerprint density at radius 2 is 1.81 bits per heavy atom. The first-order chi connectivity index (χ1) is 11.7. The highest BCUT2D eigenvalue weighted by molar-refractivity contribution is 6.74. The van der Waals surface area contributed by atoms with Crippen LogP contribution in [0.15, 0.2) is 12.3 Å². The fraction of sp³-hybridized carbons (Fsp3) is 0.700. The molecule has 5 nitrogen and oxygen atoms in total. The number of amides is 1. The van der Waals surface area contributed by atoms with Gasteiger partial charge in [0.2, 0.25) is 0 Å². The molecule has 1 aromatic rings. The Labute approximate surface area is 160 Å². The third kappa shape index (κ3) is 6.40. The summed E-state index contributed by atoms with van der Waals surface area (Å²) in [6.07, 6.45) is 2.04. The van der Waals surface area contributed by atoms with Gasteiger partial charge >= 0.3 is 6.09 Å². The number of aryl methyl sites for hydroxylation is 1. The van der Waals surface area contributed by atoms with E-state index in [4.69, 9.17) is 9.16 Å². The lowest BCUT2D eigenvalue weighted by Gasteiger charge is -2.39. The van der Waals surface area contributed by atoms with Gasteiger partial charge < -0.3 is 9.16 Å². The van der Waals surface area contributed by atoms with E-state index >= 15 is 0 Å². The summed E-state index contributed by atoms with van der Waals surface area (Å²) in [5.41, 5.74) is 1.98. The van der Waals surface area contributed by atoms with E-state index in [2.05, 4.69) is 51.1 Å². The SMILES string of the molecule is CCC(O[Si](C)(C)C(C)(C)C)c1cc(C)c(NC(=O)OC(C)(C)C)cn1. The highest BCUT2D eigenvalue weighted by atomic mass is 28.4. The van der Waals surface area contributed by atoms with Gasteiger partial charge in [-0.2, -0.15) is 0 Å². The molecule has 0 saturated carbocycles. The first-order valence-electron chi connectivity index (χ1n) is 9.30. The van der Waals surface area contributed by atoms with Gasteiger partial charge in [-0.05, 0) is 63.9 Å². The van der Waals surface area contributed by atoms with Crippen molar-refractivity contribution in [1.29, 1.82) is 0 Å². The number of hydrogen-bond donors (Lipinski definition) is 1. The van der Waals surface area contributed by atoms with Crippen molar-refractivity contribution >= 4 is 20.1 Å². The molecular weight excluding hydrogens is 344 g/mol. The highest BCUT2D eigenvalue weighted by Gasteiger charge is 2.39. The molecule has 0 aliphatic carbocycles. The second-order valence-electron chi connectivity index (χ2n) is 9.33. The third-order valence-electron chi connectivity index (χ3n) is 4.71. The van der Waals surface area contributed by atoms with Crippen molar-refractivity contribution in [3.8, 4) is 0 Å². The van der Waals surface area contributed by atoms with Crippen LogP contribution in [-0.2, 0) is 9.16 Å². The molecule has 1 atom stereocenters. The molecule has 0 aliphatic heterocycles. The normalized spacial score (nSPS) is 14.1. The summed E-state index contributed by atoms with van der Waals surface area (Å²) in [7, 11) is -1.89. The third-order valence-corrected chi connectivity index (χ3v) is 9.20. The van der Waals surface area contributed by atoms with E-state index in [-0.39, 0.29) is 11.1 Å². The molecule has 0 bridgehead atoms. The molecule has 0 spiro atoms. The molecule has 1 amide bonds. The molecule has 1 heterocycles. The molecule has 0 saturated heterocycles. The lowest BCUT2D eigenvalue weighted by molar-refractivity contribution is 0.0635. The Morgan fingerprint density at radius 1 is 1.23 bits per heavy atom. The summed E-state index contributed by atoms with van der Waals surface area (Å²) >= 11 is 0. The molecule has 0 radical (unpaired) electrons. The largest absolute Gasteiger partial charge is 0.444 e. The second-order valence-corrected chi connectivity index (χ2v) is 14.1. The minimum Gasteiger partial charge on any atom is -0.444 e. The average Bonchev–Trinajstić information content (AvgIpc) is 2.43. The van der Waals surface area contributed by atoms with Gasteiger partial charge in [0.1, 0.15) is 5.60 Å². The molecule has 1 unspecified atom stereocenters. The Bertz CT molecular complexity index is 631. The molecule has 0 aromatic carbocycles. The Balaban J connectivity index is 2.95. The number of aromatic nitrogens is 1. The minimum absolute atomic E-state index is 0.0369. The van der Waals surface area contributed by atoms with Gasteiger partial charge in [0.05, 0.1) is 23.7 Å². The van der Waals surface area contributed by atoms with E-state index in [1.807, 2.05) is 33.8 Å². The number of ether oxygens (including phenoxy) is 1. The quantitative estimate of drug-likeness (QED) is 0.617. The van der Waals surface area contributed by atoms with E-state index in [1.54, 1.807) is 6.20 Å². The van der Waals surface area contributed by atoms with Crippen molar-refractivity contribution in [3.63, 3.8) is 0 Å². The number of anilines is 1. The maximum Gasteiger partial charge on any atom is 0.412 e. The fourth-order valence-electron chi connectivity index (χ4n) is 2.18. The van der Waals surface area contributed by atoms with Crippen molar-refractivity contribution in [3.05, 3.63) is 23.5 Å². The molecule has 6 heteroatoms. The second kappa shape index (κ2) is 8.09. The van der Waals surface area contributed by atoms with Crippen LogP contribution in [0.25, 0.3) is 0 Å². The number of carbonyl (C=O) groups is 1. The lowest BCUT2D eigenvalue weighted by Crippen LogP contribution is -2.41. The maximum absolute atomic E-state index is 12.0. The first-order valence-corrected chi connectivity index (χ1v) is 12.2. The molecule has 1 aromatic heterocycles. The summed E-state index contributed by atoms with van der Waals surface area (Å²) in [6, 6.07) is 1.99. The predicted octanol–water partition coefficient (Wildman–Crippen LogP) is 6.21. The van der Waals surface area contributed by atoms with Crippen LogP contribution in [-0.4, -0.2) is 25.0 Å². The zero-order chi connectivity index (χ0) is 20.3. The van der Waals surface area contributed by atoms with Gasteiger partial charge in [0, 0.05) is 0 Å². The number of rotatable bonds is 5. The number of pyridine rings is 1. The Hall–Kier alpha value is -1.40. The van der Waals surface area contributed by atoms with Crippen molar-refractivity contribution in [2.75, 3.05) is 5.32 Å². The van der Waals surface area contributed by atoms with Gasteiger partial charge in [-0.3, -0.25) is 10.3 Å². The van der Waals surface area contributed by atoms with Gasteiger partial charge in [-0.15, -0.1) is 0 Å². The number of nitrogens with zero attached hydrogens (tertiary/aromatic N) is 1. The van der Waals surface area contributed by atoms with E-state index in [0.29, 0.717) is 5.69 Å². The van der Waals surface area contributed by atoms with Crippen LogP contribution in [0.1, 0.15) is 72.2 Å². The fourth-order valence-corrected chi connectivity index (χ4v) is 3.54. The van der Waals surface area contributed by atoms with E-state index < -0.39 is 20.0 Å². The zero-order valence-corrected chi connectivity index (χ0v) is 19.1. The molecule has 0 aliphatic rings. The molecule has 1 rings (SSSR count). The van der Waals surface area contributed by atoms with Crippen molar-refractivity contribution in [2.24, 2.45) is 0 Å². The standard InChI is InChI=1S/C20H36N2O3Si/c1-11-17(25-26(9,10)20(6,7)8)15-12-14(2)16(13-21-15)22-18(23)24-19(3,4)5/h12-13,17H,11H2,1-10H3,(H,22,23). The topological polar surface area (TPSA) is 60.5 Å². The van der Waals surface area contributed by atoms with Crippen LogP contribution in [0.3, 0.4) is 0 Å². The minimum atomic E-state index is -1.89. The van der Waals surface area contributed by atoms with Gasteiger partial charge in [0.25, 0.3) is 0 Å². The van der Waals surface area contributed by atoms with E-state index in [1.165, 1.54) is 0 Å². The van der Waals surface area contributed by atoms with Gasteiger partial charge in [0.15, 0.2) is 8.32 Å². The van der Waals surface area contributed by atoms with Crippen LogP contribution in [0.4, 0.5) is 10.5 Å². The van der Waals surface area contributed by atoms with Crippen LogP contribution in [0.2, 0.25) is 18.1 Å². The number of carbonyl (C=O) groups excluding carboxylic acids is 1. The van der Waals surface area contributed by atoms with Crippen LogP contribution < -0.4 is 5.32 Å². The molecule has 148 valence electrons. The van der Waals surface area contributed by atoms with Crippen molar-refractivity contribution < 1.29 is 14.0 Å². The molecule has 1 N–H and O–H groups in total. The maximum atomic E-state index is 12.0. The summed E-state index contributed by atoms with van der Waals surface area (Å²) in [6.45, 7) is 20.8. The first kappa shape index (κ1) is 22.6. The van der Waals surface area contributed by atoms with Crippen LogP contribution in [0.5, 0.6) is 0 Å².